The summed E-state index contributed by atoms with van der Waals surface area (Å²) in [5.74, 6) is 0.529. The van der Waals surface area contributed by atoms with Crippen LogP contribution in [0.3, 0.4) is 0 Å². The van der Waals surface area contributed by atoms with Crippen molar-refractivity contribution < 1.29 is 17.6 Å². The molecule has 1 aromatic carbocycles. The molecule has 4 nitrogen and oxygen atoms in total. The van der Waals surface area contributed by atoms with Gasteiger partial charge < -0.3 is 4.90 Å². The van der Waals surface area contributed by atoms with Gasteiger partial charge in [0.25, 0.3) is 0 Å². The highest BCUT2D eigenvalue weighted by atomic mass is 19.4. The number of benzene rings is 1. The summed E-state index contributed by atoms with van der Waals surface area (Å²) in [6, 6.07) is 8.79. The van der Waals surface area contributed by atoms with Crippen molar-refractivity contribution in [3.63, 3.8) is 0 Å². The van der Waals surface area contributed by atoms with Crippen LogP contribution in [0.1, 0.15) is 25.1 Å². The summed E-state index contributed by atoms with van der Waals surface area (Å²) in [6.07, 6.45) is -4.04. The molecule has 0 aliphatic carbocycles. The Hall–Kier alpha value is -2.19. The second-order valence-corrected chi connectivity index (χ2v) is 7.37. The summed E-state index contributed by atoms with van der Waals surface area (Å²) >= 11 is 0. The van der Waals surface area contributed by atoms with Crippen LogP contribution in [-0.4, -0.2) is 42.5 Å². The molecule has 4 rings (SSSR count). The van der Waals surface area contributed by atoms with E-state index in [1.165, 1.54) is 6.92 Å². The first-order valence-electron chi connectivity index (χ1n) is 9.36. The summed E-state index contributed by atoms with van der Waals surface area (Å²) in [6.45, 7) is 2.20. The Morgan fingerprint density at radius 1 is 1.11 bits per heavy atom. The molecule has 1 aromatic heterocycles. The van der Waals surface area contributed by atoms with E-state index in [1.807, 2.05) is 35.2 Å². The van der Waals surface area contributed by atoms with E-state index in [-0.39, 0.29) is 6.54 Å². The lowest BCUT2D eigenvalue weighted by molar-refractivity contribution is -0.155. The van der Waals surface area contributed by atoms with Gasteiger partial charge in [0.15, 0.2) is 0 Å². The molecule has 3 heterocycles. The Kier molecular flexibility index (Phi) is 5.01. The third kappa shape index (κ3) is 3.58. The molecule has 2 N–H and O–H groups in total. The van der Waals surface area contributed by atoms with Gasteiger partial charge in [0, 0.05) is 24.3 Å². The lowest BCUT2D eigenvalue weighted by atomic mass is 9.98. The van der Waals surface area contributed by atoms with E-state index < -0.39 is 30.6 Å². The number of halogens is 4. The number of nitrogens with zero attached hydrogens (tertiary/aromatic N) is 2. The topological polar surface area (TPSA) is 40.2 Å². The van der Waals surface area contributed by atoms with Gasteiger partial charge in [-0.25, -0.2) is 9.37 Å². The molecule has 4 atom stereocenters. The zero-order chi connectivity index (χ0) is 19.9. The molecule has 2 fully saturated rings. The van der Waals surface area contributed by atoms with E-state index in [1.54, 1.807) is 12.3 Å². The van der Waals surface area contributed by atoms with E-state index in [4.69, 9.17) is 0 Å². The quantitative estimate of drug-likeness (QED) is 0.777. The first-order chi connectivity index (χ1) is 13.3. The number of nitrogens with one attached hydrogen (secondary N) is 2. The first kappa shape index (κ1) is 19.1. The molecule has 2 aliphatic heterocycles. The summed E-state index contributed by atoms with van der Waals surface area (Å²) < 4.78 is 54.0. The van der Waals surface area contributed by atoms with Crippen LogP contribution < -0.4 is 15.5 Å². The molecular formula is C20H22F4N4. The summed E-state index contributed by atoms with van der Waals surface area (Å²) in [4.78, 5) is 6.26. The number of alkyl halides is 4. The third-order valence-electron chi connectivity index (χ3n) is 5.40. The predicted molar refractivity (Wildman–Crippen MR) is 99.7 cm³/mol. The standard InChI is InChI=1S/C20H22F4N4/c1-12-17(20(22,23)24)27-18(26-12)16-15(13-5-3-2-4-6-13)7-9-25-19(16)28-10-8-14(21)11-28/h2-7,9,12,14,17-18,26-27H,8,10-11H2,1H3/t12?,14-,17?,18?/m0/s1. The maximum absolute atomic E-state index is 13.8. The van der Waals surface area contributed by atoms with E-state index in [9.17, 15) is 17.6 Å². The minimum absolute atomic E-state index is 0.198. The number of anilines is 1. The lowest BCUT2D eigenvalue weighted by Gasteiger charge is -2.26. The molecule has 0 amide bonds. The Morgan fingerprint density at radius 3 is 2.46 bits per heavy atom. The highest BCUT2D eigenvalue weighted by Crippen LogP contribution is 2.39. The lowest BCUT2D eigenvalue weighted by Crippen LogP contribution is -2.44. The van der Waals surface area contributed by atoms with Crippen molar-refractivity contribution in [3.8, 4) is 11.1 Å². The van der Waals surface area contributed by atoms with Gasteiger partial charge in [-0.05, 0) is 30.5 Å². The molecule has 2 aromatic rings. The molecule has 2 aliphatic rings. The van der Waals surface area contributed by atoms with E-state index in [2.05, 4.69) is 15.6 Å². The summed E-state index contributed by atoms with van der Waals surface area (Å²) in [7, 11) is 0. The SMILES string of the molecule is CC1NC(c2c(-c3ccccc3)ccnc2N2CC[C@H](F)C2)NC1C(F)(F)F. The zero-order valence-electron chi connectivity index (χ0n) is 15.4. The Bertz CT molecular complexity index is 827. The predicted octanol–water partition coefficient (Wildman–Crippen LogP) is 3.81. The molecule has 8 heteroatoms. The molecule has 2 saturated heterocycles. The van der Waals surface area contributed by atoms with Crippen LogP contribution in [0.2, 0.25) is 0 Å². The Morgan fingerprint density at radius 2 is 1.86 bits per heavy atom. The monoisotopic (exact) mass is 394 g/mol. The van der Waals surface area contributed by atoms with Gasteiger partial charge in [0.2, 0.25) is 0 Å². The van der Waals surface area contributed by atoms with Gasteiger partial charge in [0.05, 0.1) is 12.7 Å². The van der Waals surface area contributed by atoms with Gasteiger partial charge in [-0.3, -0.25) is 10.6 Å². The third-order valence-corrected chi connectivity index (χ3v) is 5.40. The Labute approximate surface area is 161 Å². The van der Waals surface area contributed by atoms with Crippen molar-refractivity contribution >= 4 is 5.82 Å². The zero-order valence-corrected chi connectivity index (χ0v) is 15.4. The smallest absolute Gasteiger partial charge is 0.353 e. The van der Waals surface area contributed by atoms with E-state index in [0.29, 0.717) is 24.3 Å². The summed E-state index contributed by atoms with van der Waals surface area (Å²) in [5.41, 5.74) is 2.29. The maximum atomic E-state index is 13.8. The second kappa shape index (κ2) is 7.33. The molecule has 3 unspecified atom stereocenters. The minimum Gasteiger partial charge on any atom is -0.353 e. The molecule has 0 saturated carbocycles. The number of hydrogen-bond donors (Lipinski definition) is 2. The minimum atomic E-state index is -4.37. The van der Waals surface area contributed by atoms with Crippen LogP contribution in [0.25, 0.3) is 11.1 Å². The fraction of sp³-hybridized carbons (Fsp3) is 0.450. The number of rotatable bonds is 3. The van der Waals surface area contributed by atoms with Crippen molar-refractivity contribution in [3.05, 3.63) is 48.2 Å². The second-order valence-electron chi connectivity index (χ2n) is 7.37. The van der Waals surface area contributed by atoms with Crippen LogP contribution in [0.5, 0.6) is 0 Å². The van der Waals surface area contributed by atoms with Crippen LogP contribution >= 0.6 is 0 Å². The normalized spacial score (nSPS) is 28.1. The highest BCUT2D eigenvalue weighted by Gasteiger charge is 2.49. The average molecular weight is 394 g/mol. The van der Waals surface area contributed by atoms with Crippen molar-refractivity contribution in [2.45, 2.75) is 43.9 Å². The van der Waals surface area contributed by atoms with E-state index >= 15 is 0 Å². The first-order valence-corrected chi connectivity index (χ1v) is 9.36. The van der Waals surface area contributed by atoms with Crippen molar-refractivity contribution in [1.29, 1.82) is 0 Å². The number of hydrogen-bond acceptors (Lipinski definition) is 4. The summed E-state index contributed by atoms with van der Waals surface area (Å²) in [5, 5.41) is 5.71. The van der Waals surface area contributed by atoms with Crippen LogP contribution in [0, 0.1) is 0 Å². The molecule has 150 valence electrons. The molecule has 0 radical (unpaired) electrons. The van der Waals surface area contributed by atoms with Crippen LogP contribution in [0.4, 0.5) is 23.4 Å². The highest BCUT2D eigenvalue weighted by molar-refractivity contribution is 5.73. The molecular weight excluding hydrogens is 372 g/mol. The Balaban J connectivity index is 1.79. The average Bonchev–Trinajstić information content (AvgIpc) is 3.27. The van der Waals surface area contributed by atoms with Crippen LogP contribution in [-0.2, 0) is 0 Å². The van der Waals surface area contributed by atoms with Crippen molar-refractivity contribution in [2.75, 3.05) is 18.0 Å². The molecule has 28 heavy (non-hydrogen) atoms. The van der Waals surface area contributed by atoms with Gasteiger partial charge in [0.1, 0.15) is 18.0 Å². The van der Waals surface area contributed by atoms with Gasteiger partial charge in [-0.1, -0.05) is 30.3 Å². The number of pyridine rings is 1. The van der Waals surface area contributed by atoms with E-state index in [0.717, 1.165) is 11.1 Å². The maximum Gasteiger partial charge on any atom is 0.405 e. The fourth-order valence-electron chi connectivity index (χ4n) is 4.05. The van der Waals surface area contributed by atoms with Crippen molar-refractivity contribution in [2.24, 2.45) is 0 Å². The van der Waals surface area contributed by atoms with Crippen LogP contribution in [0.15, 0.2) is 42.6 Å². The van der Waals surface area contributed by atoms with Gasteiger partial charge >= 0.3 is 6.18 Å². The van der Waals surface area contributed by atoms with Gasteiger partial charge in [-0.2, -0.15) is 13.2 Å². The largest absolute Gasteiger partial charge is 0.405 e. The molecule has 0 bridgehead atoms. The van der Waals surface area contributed by atoms with Crippen molar-refractivity contribution in [1.82, 2.24) is 15.6 Å². The fourth-order valence-corrected chi connectivity index (χ4v) is 4.05. The number of aromatic nitrogens is 1. The molecule has 0 spiro atoms. The van der Waals surface area contributed by atoms with Gasteiger partial charge in [-0.15, -0.1) is 0 Å².